The average Bonchev–Trinajstić information content (AvgIpc) is 4.03. The first-order chi connectivity index (χ1) is 26.9. The van der Waals surface area contributed by atoms with Crippen molar-refractivity contribution in [3.63, 3.8) is 0 Å². The molecule has 7 rings (SSSR count). The summed E-state index contributed by atoms with van der Waals surface area (Å²) in [7, 11) is 1.28. The molecule has 16 heteroatoms. The Hall–Kier alpha value is -6.19. The van der Waals surface area contributed by atoms with Crippen molar-refractivity contribution in [2.45, 2.75) is 77.5 Å². The number of nitrogens with one attached hydrogen (secondary N) is 4. The number of rotatable bonds is 11. The summed E-state index contributed by atoms with van der Waals surface area (Å²) >= 11 is 0. The number of nitrogens with zero attached hydrogens (tertiary/aromatic N) is 5. The number of hydrogen-bond acceptors (Lipinski definition) is 9. The van der Waals surface area contributed by atoms with Crippen LogP contribution in [0.2, 0.25) is 0 Å². The second-order valence-corrected chi connectivity index (χ2v) is 15.1. The van der Waals surface area contributed by atoms with Crippen molar-refractivity contribution < 1.29 is 33.4 Å². The Balaban J connectivity index is 1.04. The van der Waals surface area contributed by atoms with Gasteiger partial charge in [0.1, 0.15) is 29.2 Å². The van der Waals surface area contributed by atoms with Gasteiger partial charge in [0.25, 0.3) is 0 Å². The van der Waals surface area contributed by atoms with Crippen LogP contribution in [0.25, 0.3) is 45.1 Å². The van der Waals surface area contributed by atoms with E-state index in [0.717, 1.165) is 53.8 Å². The Bertz CT molecular complexity index is 2220. The zero-order valence-corrected chi connectivity index (χ0v) is 32.0. The third-order valence-corrected chi connectivity index (χ3v) is 10.6. The number of aromatic amines is 2. The number of imidazole rings is 2. The molecule has 0 saturated carbocycles. The number of fused-ring (bicyclic) bond motifs is 1. The molecule has 5 aromatic rings. The zero-order chi connectivity index (χ0) is 39.7. The van der Waals surface area contributed by atoms with Crippen LogP contribution in [0.5, 0.6) is 0 Å². The number of oxazole rings is 1. The summed E-state index contributed by atoms with van der Waals surface area (Å²) in [6.07, 6.45) is 4.74. The van der Waals surface area contributed by atoms with Crippen molar-refractivity contribution >= 4 is 35.1 Å². The second kappa shape index (κ2) is 15.9. The summed E-state index contributed by atoms with van der Waals surface area (Å²) in [6.45, 7) is 8.52. The summed E-state index contributed by atoms with van der Waals surface area (Å²) in [6, 6.07) is 11.4. The summed E-state index contributed by atoms with van der Waals surface area (Å²) in [4.78, 5) is 74.6. The fourth-order valence-electron chi connectivity index (χ4n) is 7.65. The Labute approximate surface area is 323 Å². The molecule has 2 fully saturated rings. The average molecular weight is 766 g/mol. The van der Waals surface area contributed by atoms with E-state index in [9.17, 15) is 24.3 Å². The second-order valence-electron chi connectivity index (χ2n) is 15.1. The Morgan fingerprint density at radius 3 is 1.84 bits per heavy atom. The topological polar surface area (TPSA) is 212 Å². The third kappa shape index (κ3) is 7.68. The summed E-state index contributed by atoms with van der Waals surface area (Å²) in [5, 5.41) is 14.4. The summed E-state index contributed by atoms with van der Waals surface area (Å²) in [5.74, 6) is 1.07. The quantitative estimate of drug-likeness (QED) is 0.102. The molecule has 56 heavy (non-hydrogen) atoms. The predicted molar refractivity (Wildman–Crippen MR) is 206 cm³/mol. The molecule has 4 amide bonds. The summed E-state index contributed by atoms with van der Waals surface area (Å²) < 4.78 is 10.9. The fraction of sp³-hybridized carbons (Fsp3) is 0.425. The van der Waals surface area contributed by atoms with Crippen LogP contribution in [0, 0.1) is 11.8 Å². The SMILES string of the molecule is COC(=O)N[C@H](C(=O)N1CCC[C@H]1c1ncc(-c2ccc(-c3nc4cc(-c5cnc([C@@H]6CCCN6C(=O)[C@@H](NC(=O)O)C(C)C)[nH]5)ccc4o3)cc2)[nH]1)C(C)C. The highest BCUT2D eigenvalue weighted by Crippen LogP contribution is 2.35. The number of carboxylic acid groups (broad SMARTS) is 1. The maximum atomic E-state index is 13.5. The molecule has 5 heterocycles. The lowest BCUT2D eigenvalue weighted by atomic mass is 10.0. The number of carbonyl (C=O) groups is 4. The van der Waals surface area contributed by atoms with Gasteiger partial charge in [-0.25, -0.2) is 24.5 Å². The van der Waals surface area contributed by atoms with Gasteiger partial charge in [-0.1, -0.05) is 39.8 Å². The molecule has 16 nitrogen and oxygen atoms in total. The molecule has 0 bridgehead atoms. The van der Waals surface area contributed by atoms with Crippen molar-refractivity contribution in [2.24, 2.45) is 11.8 Å². The lowest BCUT2D eigenvalue weighted by Gasteiger charge is -2.30. The van der Waals surface area contributed by atoms with E-state index in [2.05, 4.69) is 30.6 Å². The highest BCUT2D eigenvalue weighted by molar-refractivity contribution is 5.87. The van der Waals surface area contributed by atoms with E-state index >= 15 is 0 Å². The molecule has 0 radical (unpaired) electrons. The third-order valence-electron chi connectivity index (χ3n) is 10.6. The molecule has 294 valence electrons. The van der Waals surface area contributed by atoms with Gasteiger partial charge in [-0.2, -0.15) is 0 Å². The van der Waals surface area contributed by atoms with E-state index in [1.54, 1.807) is 22.2 Å². The van der Waals surface area contributed by atoms with E-state index in [-0.39, 0.29) is 35.7 Å². The first kappa shape index (κ1) is 38.1. The van der Waals surface area contributed by atoms with Crippen molar-refractivity contribution in [3.05, 3.63) is 66.5 Å². The van der Waals surface area contributed by atoms with Crippen molar-refractivity contribution in [3.8, 4) is 34.0 Å². The number of hydrogen-bond donors (Lipinski definition) is 5. The lowest BCUT2D eigenvalue weighted by molar-refractivity contribution is -0.136. The molecule has 4 atom stereocenters. The van der Waals surface area contributed by atoms with Crippen LogP contribution in [0.1, 0.15) is 77.1 Å². The van der Waals surface area contributed by atoms with Gasteiger partial charge in [0.2, 0.25) is 17.7 Å². The number of methoxy groups -OCH3 is 1. The minimum atomic E-state index is -1.23. The number of ether oxygens (including phenoxy) is 1. The predicted octanol–water partition coefficient (Wildman–Crippen LogP) is 6.27. The first-order valence-corrected chi connectivity index (χ1v) is 19.0. The molecule has 2 aliphatic heterocycles. The minimum absolute atomic E-state index is 0.120. The van der Waals surface area contributed by atoms with Crippen molar-refractivity contribution in [2.75, 3.05) is 20.2 Å². The molecule has 5 N–H and O–H groups in total. The van der Waals surface area contributed by atoms with E-state index in [1.807, 2.05) is 70.2 Å². The first-order valence-electron chi connectivity index (χ1n) is 19.0. The maximum absolute atomic E-state index is 13.5. The molecule has 0 spiro atoms. The normalized spacial score (nSPS) is 18.1. The Morgan fingerprint density at radius 2 is 1.30 bits per heavy atom. The van der Waals surface area contributed by atoms with Crippen LogP contribution in [-0.2, 0) is 14.3 Å². The highest BCUT2D eigenvalue weighted by atomic mass is 16.5. The molecule has 2 aliphatic rings. The molecular weight excluding hydrogens is 718 g/mol. The fourth-order valence-corrected chi connectivity index (χ4v) is 7.65. The van der Waals surface area contributed by atoms with Crippen molar-refractivity contribution in [1.82, 2.24) is 45.4 Å². The monoisotopic (exact) mass is 765 g/mol. The van der Waals surface area contributed by atoms with E-state index < -0.39 is 24.3 Å². The zero-order valence-electron chi connectivity index (χ0n) is 32.0. The van der Waals surface area contributed by atoms with Crippen LogP contribution < -0.4 is 10.6 Å². The molecule has 0 aliphatic carbocycles. The van der Waals surface area contributed by atoms with Gasteiger partial charge in [-0.05, 0) is 73.4 Å². The van der Waals surface area contributed by atoms with Gasteiger partial charge >= 0.3 is 12.2 Å². The number of aromatic nitrogens is 5. The minimum Gasteiger partial charge on any atom is -0.465 e. The Morgan fingerprint density at radius 1 is 0.786 bits per heavy atom. The van der Waals surface area contributed by atoms with Gasteiger partial charge in [0, 0.05) is 24.2 Å². The standard InChI is InChI=1S/C40H47N9O7/c1-21(2)32(46-39(52)53)37(50)48-16-6-9-30(48)35-42-20-28(44-35)25-14-15-31-26(18-25)45-36(56-31)24-12-10-23(11-13-24)27-19-41-34(43-27)29-8-7-17-49(29)38(51)33(22(3)4)47-40(54)55-5/h10-15,18-22,29-30,32-33,46H,6-9,16-17H2,1-5H3,(H,41,43)(H,42,44)(H,47,54)(H,52,53)/t29-,30-,32-,33-/m0/s1. The van der Waals surface area contributed by atoms with Crippen LogP contribution >= 0.6 is 0 Å². The highest BCUT2D eigenvalue weighted by Gasteiger charge is 2.39. The van der Waals surface area contributed by atoms with Crippen molar-refractivity contribution in [1.29, 1.82) is 0 Å². The van der Waals surface area contributed by atoms with Crippen LogP contribution in [-0.4, -0.2) is 96.1 Å². The largest absolute Gasteiger partial charge is 0.465 e. The van der Waals surface area contributed by atoms with Crippen LogP contribution in [0.4, 0.5) is 9.59 Å². The molecule has 0 unspecified atom stereocenters. The number of benzene rings is 2. The molecular formula is C40H47N9O7. The number of likely N-dealkylation sites (tertiary alicyclic amines) is 2. The van der Waals surface area contributed by atoms with Gasteiger partial charge < -0.3 is 44.7 Å². The van der Waals surface area contributed by atoms with Crippen LogP contribution in [0.15, 0.2) is 59.3 Å². The number of amides is 4. The molecule has 2 aromatic carbocycles. The Kier molecular flexibility index (Phi) is 10.8. The summed E-state index contributed by atoms with van der Waals surface area (Å²) in [5.41, 5.74) is 5.43. The van der Waals surface area contributed by atoms with Crippen LogP contribution in [0.3, 0.4) is 0 Å². The van der Waals surface area contributed by atoms with E-state index in [1.165, 1.54) is 7.11 Å². The van der Waals surface area contributed by atoms with Gasteiger partial charge in [0.05, 0.1) is 43.0 Å². The number of carbonyl (C=O) groups excluding carboxylic acids is 3. The maximum Gasteiger partial charge on any atom is 0.407 e. The van der Waals surface area contributed by atoms with Gasteiger partial charge in [-0.15, -0.1) is 0 Å². The lowest BCUT2D eigenvalue weighted by Crippen LogP contribution is -2.51. The number of H-pyrrole nitrogens is 2. The molecule has 2 saturated heterocycles. The van der Waals surface area contributed by atoms with Gasteiger partial charge in [0.15, 0.2) is 5.58 Å². The smallest absolute Gasteiger partial charge is 0.407 e. The van der Waals surface area contributed by atoms with E-state index in [0.29, 0.717) is 41.7 Å². The van der Waals surface area contributed by atoms with E-state index in [4.69, 9.17) is 14.1 Å². The van der Waals surface area contributed by atoms with Gasteiger partial charge in [-0.3, -0.25) is 9.59 Å². The molecule has 3 aromatic heterocycles. The number of alkyl carbamates (subject to hydrolysis) is 1.